The van der Waals surface area contributed by atoms with Crippen molar-refractivity contribution in [2.45, 2.75) is 19.6 Å². The van der Waals surface area contributed by atoms with E-state index in [9.17, 15) is 14.0 Å². The number of ether oxygens (including phenoxy) is 1. The first kappa shape index (κ1) is 17.0. The largest absolute Gasteiger partial charge is 0.489 e. The van der Waals surface area contributed by atoms with Gasteiger partial charge in [0, 0.05) is 13.1 Å². The summed E-state index contributed by atoms with van der Waals surface area (Å²) in [5.74, 6) is -0.674. The minimum atomic E-state index is -0.589. The highest BCUT2D eigenvalue weighted by Gasteiger charge is 2.30. The van der Waals surface area contributed by atoms with Crippen LogP contribution >= 0.6 is 0 Å². The van der Waals surface area contributed by atoms with E-state index in [0.717, 1.165) is 11.1 Å². The zero-order valence-electron chi connectivity index (χ0n) is 13.6. The number of carbonyl (C=O) groups is 2. The van der Waals surface area contributed by atoms with E-state index in [1.54, 1.807) is 24.3 Å². The van der Waals surface area contributed by atoms with E-state index in [0.29, 0.717) is 25.3 Å². The molecule has 0 radical (unpaired) electrons. The number of nitrogens with one attached hydrogen (secondary N) is 2. The fraction of sp³-hybridized carbons (Fsp3) is 0.263. The van der Waals surface area contributed by atoms with Crippen LogP contribution in [0.15, 0.2) is 48.5 Å². The number of hydrogen-bond acceptors (Lipinski definition) is 3. The normalized spacial score (nSPS) is 16.4. The zero-order chi connectivity index (χ0) is 17.6. The Labute approximate surface area is 145 Å². The quantitative estimate of drug-likeness (QED) is 0.791. The SMILES string of the molecule is O=C1NCC[C@H]1C(=O)NCc1ccc(OCc2cccc(F)c2)cc1. The maximum Gasteiger partial charge on any atom is 0.232 e. The third-order valence-electron chi connectivity index (χ3n) is 4.05. The Bertz CT molecular complexity index is 762. The minimum Gasteiger partial charge on any atom is -0.489 e. The van der Waals surface area contributed by atoms with Crippen LogP contribution in [-0.2, 0) is 22.7 Å². The van der Waals surface area contributed by atoms with E-state index in [-0.39, 0.29) is 24.2 Å². The van der Waals surface area contributed by atoms with Crippen molar-refractivity contribution in [3.63, 3.8) is 0 Å². The molecular weight excluding hydrogens is 323 g/mol. The third-order valence-corrected chi connectivity index (χ3v) is 4.05. The van der Waals surface area contributed by atoms with Crippen LogP contribution < -0.4 is 15.4 Å². The molecular formula is C19H19FN2O3. The van der Waals surface area contributed by atoms with Gasteiger partial charge in [0.25, 0.3) is 0 Å². The summed E-state index contributed by atoms with van der Waals surface area (Å²) in [5, 5.41) is 5.42. The van der Waals surface area contributed by atoms with Crippen LogP contribution in [0.2, 0.25) is 0 Å². The molecule has 0 spiro atoms. The van der Waals surface area contributed by atoms with Crippen molar-refractivity contribution in [1.82, 2.24) is 10.6 Å². The molecule has 6 heteroatoms. The lowest BCUT2D eigenvalue weighted by atomic mass is 10.1. The van der Waals surface area contributed by atoms with Crippen LogP contribution in [0.3, 0.4) is 0 Å². The van der Waals surface area contributed by atoms with Gasteiger partial charge in [-0.05, 0) is 41.8 Å². The highest BCUT2D eigenvalue weighted by Crippen LogP contribution is 2.15. The third kappa shape index (κ3) is 4.56. The van der Waals surface area contributed by atoms with Gasteiger partial charge in [-0.3, -0.25) is 9.59 Å². The predicted molar refractivity (Wildman–Crippen MR) is 90.1 cm³/mol. The molecule has 2 amide bonds. The molecule has 1 atom stereocenters. The number of rotatable bonds is 6. The summed E-state index contributed by atoms with van der Waals surface area (Å²) < 4.78 is 18.7. The van der Waals surface area contributed by atoms with Crippen LogP contribution in [0.5, 0.6) is 5.75 Å². The second kappa shape index (κ2) is 7.79. The van der Waals surface area contributed by atoms with Crippen LogP contribution in [0.4, 0.5) is 4.39 Å². The average molecular weight is 342 g/mol. The van der Waals surface area contributed by atoms with Gasteiger partial charge in [0.1, 0.15) is 24.1 Å². The van der Waals surface area contributed by atoms with E-state index < -0.39 is 5.92 Å². The van der Waals surface area contributed by atoms with Crippen molar-refractivity contribution >= 4 is 11.8 Å². The van der Waals surface area contributed by atoms with Gasteiger partial charge in [-0.1, -0.05) is 24.3 Å². The van der Waals surface area contributed by atoms with E-state index in [1.807, 2.05) is 12.1 Å². The smallest absolute Gasteiger partial charge is 0.232 e. The lowest BCUT2D eigenvalue weighted by Crippen LogP contribution is -2.34. The Morgan fingerprint density at radius 2 is 2.00 bits per heavy atom. The molecule has 0 aromatic heterocycles. The summed E-state index contributed by atoms with van der Waals surface area (Å²) in [6.07, 6.45) is 0.539. The summed E-state index contributed by atoms with van der Waals surface area (Å²) >= 11 is 0. The molecule has 5 nitrogen and oxygen atoms in total. The van der Waals surface area contributed by atoms with E-state index in [4.69, 9.17) is 4.74 Å². The molecule has 1 fully saturated rings. The summed E-state index contributed by atoms with van der Waals surface area (Å²) in [5.41, 5.74) is 1.66. The number of halogens is 1. The average Bonchev–Trinajstić information content (AvgIpc) is 3.05. The molecule has 1 heterocycles. The van der Waals surface area contributed by atoms with Gasteiger partial charge < -0.3 is 15.4 Å². The van der Waals surface area contributed by atoms with Crippen molar-refractivity contribution in [1.29, 1.82) is 0 Å². The molecule has 0 bridgehead atoms. The monoisotopic (exact) mass is 342 g/mol. The van der Waals surface area contributed by atoms with Crippen molar-refractivity contribution in [3.05, 3.63) is 65.5 Å². The number of amides is 2. The maximum atomic E-state index is 13.1. The Balaban J connectivity index is 1.48. The van der Waals surface area contributed by atoms with Gasteiger partial charge in [-0.15, -0.1) is 0 Å². The van der Waals surface area contributed by atoms with Crippen molar-refractivity contribution in [2.24, 2.45) is 5.92 Å². The number of benzene rings is 2. The molecule has 0 unspecified atom stereocenters. The van der Waals surface area contributed by atoms with Gasteiger partial charge in [-0.2, -0.15) is 0 Å². The molecule has 2 aromatic carbocycles. The summed E-state index contributed by atoms with van der Waals surface area (Å²) in [6, 6.07) is 13.5. The highest BCUT2D eigenvalue weighted by atomic mass is 19.1. The van der Waals surface area contributed by atoms with Gasteiger partial charge >= 0.3 is 0 Å². The second-order valence-corrected chi connectivity index (χ2v) is 5.91. The Morgan fingerprint density at radius 1 is 1.20 bits per heavy atom. The van der Waals surface area contributed by atoms with Crippen LogP contribution in [-0.4, -0.2) is 18.4 Å². The van der Waals surface area contributed by atoms with Gasteiger partial charge in [0.05, 0.1) is 0 Å². The Hall–Kier alpha value is -2.89. The zero-order valence-corrected chi connectivity index (χ0v) is 13.6. The molecule has 1 aliphatic rings. The highest BCUT2D eigenvalue weighted by molar-refractivity contribution is 6.01. The van der Waals surface area contributed by atoms with E-state index in [2.05, 4.69) is 10.6 Å². The molecule has 1 saturated heterocycles. The first-order valence-corrected chi connectivity index (χ1v) is 8.13. The minimum absolute atomic E-state index is 0.210. The Morgan fingerprint density at radius 3 is 2.68 bits per heavy atom. The lowest BCUT2D eigenvalue weighted by molar-refractivity contribution is -0.133. The molecule has 0 aliphatic carbocycles. The lowest BCUT2D eigenvalue weighted by Gasteiger charge is -2.10. The molecule has 0 saturated carbocycles. The summed E-state index contributed by atoms with van der Waals surface area (Å²) in [7, 11) is 0. The predicted octanol–water partition coefficient (Wildman–Crippen LogP) is 2.16. The molecule has 3 rings (SSSR count). The van der Waals surface area contributed by atoms with Crippen molar-refractivity contribution < 1.29 is 18.7 Å². The first-order valence-electron chi connectivity index (χ1n) is 8.13. The van der Waals surface area contributed by atoms with Gasteiger partial charge in [-0.25, -0.2) is 4.39 Å². The fourth-order valence-corrected chi connectivity index (χ4v) is 2.65. The Kier molecular flexibility index (Phi) is 5.28. The van der Waals surface area contributed by atoms with Crippen LogP contribution in [0.1, 0.15) is 17.5 Å². The van der Waals surface area contributed by atoms with Crippen LogP contribution in [0.25, 0.3) is 0 Å². The standard InChI is InChI=1S/C19H19FN2O3/c20-15-3-1-2-14(10-15)12-25-16-6-4-13(5-7-16)11-22-19(24)17-8-9-21-18(17)23/h1-7,10,17H,8-9,11-12H2,(H,21,23)(H,22,24)/t17-/m1/s1. The molecule has 130 valence electrons. The van der Waals surface area contributed by atoms with Gasteiger partial charge in [0.2, 0.25) is 11.8 Å². The van der Waals surface area contributed by atoms with Crippen LogP contribution in [0, 0.1) is 11.7 Å². The van der Waals surface area contributed by atoms with E-state index >= 15 is 0 Å². The molecule has 1 aliphatic heterocycles. The molecule has 25 heavy (non-hydrogen) atoms. The number of hydrogen-bond donors (Lipinski definition) is 2. The van der Waals surface area contributed by atoms with Crippen molar-refractivity contribution in [2.75, 3.05) is 6.54 Å². The summed E-state index contributed by atoms with van der Waals surface area (Å²) in [4.78, 5) is 23.4. The van der Waals surface area contributed by atoms with Gasteiger partial charge in [0.15, 0.2) is 0 Å². The second-order valence-electron chi connectivity index (χ2n) is 5.91. The maximum absolute atomic E-state index is 13.1. The molecule has 2 N–H and O–H groups in total. The van der Waals surface area contributed by atoms with Crippen molar-refractivity contribution in [3.8, 4) is 5.75 Å². The molecule has 2 aromatic rings. The topological polar surface area (TPSA) is 67.4 Å². The first-order chi connectivity index (χ1) is 12.1. The fourth-order valence-electron chi connectivity index (χ4n) is 2.65. The summed E-state index contributed by atoms with van der Waals surface area (Å²) in [6.45, 7) is 1.19. The van der Waals surface area contributed by atoms with E-state index in [1.165, 1.54) is 12.1 Å². The number of carbonyl (C=O) groups excluding carboxylic acids is 2.